The summed E-state index contributed by atoms with van der Waals surface area (Å²) in [4.78, 5) is 16.3. The van der Waals surface area contributed by atoms with Gasteiger partial charge < -0.3 is 24.8 Å². The van der Waals surface area contributed by atoms with Crippen molar-refractivity contribution < 1.29 is 22.8 Å². The van der Waals surface area contributed by atoms with Gasteiger partial charge in [-0.3, -0.25) is 4.79 Å². The molecule has 0 unspecified atom stereocenters. The van der Waals surface area contributed by atoms with E-state index >= 15 is 0 Å². The van der Waals surface area contributed by atoms with Crippen LogP contribution in [0.5, 0.6) is 5.75 Å². The smallest absolute Gasteiger partial charge is 0.252 e. The van der Waals surface area contributed by atoms with Gasteiger partial charge in [-0.2, -0.15) is 0 Å². The molecule has 1 saturated carbocycles. The molecule has 2 bridgehead atoms. The third-order valence-electron chi connectivity index (χ3n) is 8.59. The molecule has 1 aromatic heterocycles. The van der Waals surface area contributed by atoms with Gasteiger partial charge in [0.2, 0.25) is 0 Å². The van der Waals surface area contributed by atoms with Crippen molar-refractivity contribution in [1.29, 1.82) is 0 Å². The maximum atomic E-state index is 14.4. The number of nitrogens with one attached hydrogen (secondary N) is 2. The van der Waals surface area contributed by atoms with E-state index in [-0.39, 0.29) is 46.9 Å². The highest BCUT2D eigenvalue weighted by atomic mass is 35.5. The molecule has 0 radical (unpaired) electrons. The molecule has 3 aliphatic rings. The summed E-state index contributed by atoms with van der Waals surface area (Å²) >= 11 is 18.8. The van der Waals surface area contributed by atoms with Crippen LogP contribution < -0.4 is 15.4 Å². The second-order valence-electron chi connectivity index (χ2n) is 11.8. The van der Waals surface area contributed by atoms with Crippen LogP contribution >= 0.6 is 34.8 Å². The van der Waals surface area contributed by atoms with E-state index in [0.717, 1.165) is 53.8 Å². The van der Waals surface area contributed by atoms with E-state index in [9.17, 15) is 13.6 Å². The van der Waals surface area contributed by atoms with Crippen LogP contribution in [0.3, 0.4) is 0 Å². The molecule has 1 amide bonds. The molecule has 2 atom stereocenters. The number of rotatable bonds is 9. The fourth-order valence-corrected chi connectivity index (χ4v) is 6.80. The first kappa shape index (κ1) is 31.1. The SMILES string of the molecule is O=C(C1=C(c2ccc(OCc3cc(-c4c(F)ccc(F)c4Cl)no3)cc2)C[C@@H]2CNC[C@H]1N2)N(Cc1cccc(Cl)c1Cl)C1CC1. The summed E-state index contributed by atoms with van der Waals surface area (Å²) in [5.41, 5.74) is 3.46. The molecule has 12 heteroatoms. The fourth-order valence-electron chi connectivity index (χ4n) is 6.17. The summed E-state index contributed by atoms with van der Waals surface area (Å²) in [5, 5.41) is 11.5. The Bertz CT molecular complexity index is 1830. The normalized spacial score (nSPS) is 19.3. The Labute approximate surface area is 279 Å². The number of carbonyl (C=O) groups is 1. The largest absolute Gasteiger partial charge is 0.486 e. The van der Waals surface area contributed by atoms with E-state index in [1.54, 1.807) is 6.07 Å². The second-order valence-corrected chi connectivity index (χ2v) is 12.9. The summed E-state index contributed by atoms with van der Waals surface area (Å²) in [5.74, 6) is -0.576. The van der Waals surface area contributed by atoms with Crippen molar-refractivity contribution in [2.45, 2.75) is 50.5 Å². The van der Waals surface area contributed by atoms with Crippen molar-refractivity contribution in [2.24, 2.45) is 0 Å². The van der Waals surface area contributed by atoms with E-state index in [0.29, 0.717) is 41.1 Å². The Morgan fingerprint density at radius 1 is 1.00 bits per heavy atom. The van der Waals surface area contributed by atoms with Crippen molar-refractivity contribution in [1.82, 2.24) is 20.7 Å². The highest BCUT2D eigenvalue weighted by Gasteiger charge is 2.41. The Balaban J connectivity index is 1.12. The number of nitrogens with zero attached hydrogens (tertiary/aromatic N) is 2. The minimum Gasteiger partial charge on any atom is -0.486 e. The zero-order valence-electron chi connectivity index (χ0n) is 24.5. The molecule has 238 valence electrons. The zero-order valence-corrected chi connectivity index (χ0v) is 26.7. The third kappa shape index (κ3) is 6.27. The maximum absolute atomic E-state index is 14.4. The summed E-state index contributed by atoms with van der Waals surface area (Å²) in [6.45, 7) is 1.87. The quantitative estimate of drug-likeness (QED) is 0.179. The molecule has 7 rings (SSSR count). The lowest BCUT2D eigenvalue weighted by Gasteiger charge is -2.41. The van der Waals surface area contributed by atoms with Crippen molar-refractivity contribution in [3.63, 3.8) is 0 Å². The van der Waals surface area contributed by atoms with Gasteiger partial charge in [-0.05, 0) is 66.3 Å². The minimum atomic E-state index is -0.752. The first-order valence-electron chi connectivity index (χ1n) is 15.0. The molecule has 46 heavy (non-hydrogen) atoms. The van der Waals surface area contributed by atoms with Crippen LogP contribution in [0.15, 0.2) is 70.8 Å². The van der Waals surface area contributed by atoms with Crippen molar-refractivity contribution in [3.8, 4) is 17.0 Å². The van der Waals surface area contributed by atoms with Crippen LogP contribution in [0.4, 0.5) is 8.78 Å². The van der Waals surface area contributed by atoms with Gasteiger partial charge in [0, 0.05) is 43.4 Å². The molecule has 0 spiro atoms. The second kappa shape index (κ2) is 13.0. The number of fused-ring (bicyclic) bond motifs is 2. The number of hydrogen-bond acceptors (Lipinski definition) is 6. The van der Waals surface area contributed by atoms with Crippen LogP contribution in [0, 0.1) is 11.6 Å². The van der Waals surface area contributed by atoms with E-state index in [1.807, 2.05) is 41.3 Å². The van der Waals surface area contributed by atoms with E-state index in [1.165, 1.54) is 6.07 Å². The number of amides is 1. The summed E-state index contributed by atoms with van der Waals surface area (Å²) in [6.07, 6.45) is 2.60. The fraction of sp³-hybridized carbons (Fsp3) is 0.294. The lowest BCUT2D eigenvalue weighted by atomic mass is 9.83. The predicted molar refractivity (Wildman–Crippen MR) is 173 cm³/mol. The van der Waals surface area contributed by atoms with Crippen LogP contribution in [0.2, 0.25) is 15.1 Å². The molecule has 1 aliphatic carbocycles. The number of hydrogen-bond donors (Lipinski definition) is 2. The third-order valence-corrected chi connectivity index (χ3v) is 9.82. The van der Waals surface area contributed by atoms with E-state index in [4.69, 9.17) is 44.1 Å². The topological polar surface area (TPSA) is 79.6 Å². The Kier molecular flexibility index (Phi) is 8.78. The first-order valence-corrected chi connectivity index (χ1v) is 16.2. The van der Waals surface area contributed by atoms with Crippen LogP contribution in [-0.4, -0.2) is 47.2 Å². The molecule has 3 heterocycles. The summed E-state index contributed by atoms with van der Waals surface area (Å²) in [6, 6.07) is 16.7. The van der Waals surface area contributed by atoms with Crippen LogP contribution in [0.1, 0.15) is 36.1 Å². The van der Waals surface area contributed by atoms with Crippen LogP contribution in [0.25, 0.3) is 16.8 Å². The van der Waals surface area contributed by atoms with Gasteiger partial charge in [0.1, 0.15) is 29.7 Å². The molecule has 4 aromatic rings. The van der Waals surface area contributed by atoms with Crippen molar-refractivity contribution >= 4 is 46.3 Å². The monoisotopic (exact) mass is 684 g/mol. The maximum Gasteiger partial charge on any atom is 0.252 e. The first-order chi connectivity index (χ1) is 22.3. The van der Waals surface area contributed by atoms with Gasteiger partial charge in [-0.1, -0.05) is 64.2 Å². The molecular weight excluding hydrogens is 657 g/mol. The number of aromatic nitrogens is 1. The Morgan fingerprint density at radius 3 is 2.57 bits per heavy atom. The van der Waals surface area contributed by atoms with E-state index < -0.39 is 11.6 Å². The van der Waals surface area contributed by atoms with Gasteiger partial charge in [-0.25, -0.2) is 8.78 Å². The predicted octanol–water partition coefficient (Wildman–Crippen LogP) is 7.44. The van der Waals surface area contributed by atoms with E-state index in [2.05, 4.69) is 15.8 Å². The van der Waals surface area contributed by atoms with Gasteiger partial charge in [-0.15, -0.1) is 0 Å². The molecule has 2 aliphatic heterocycles. The Hall–Kier alpha value is -3.47. The number of carbonyl (C=O) groups excluding carboxylic acids is 1. The Morgan fingerprint density at radius 2 is 1.78 bits per heavy atom. The number of piperazine rings is 1. The van der Waals surface area contributed by atoms with Gasteiger partial charge in [0.15, 0.2) is 5.76 Å². The average Bonchev–Trinajstić information content (AvgIpc) is 3.80. The van der Waals surface area contributed by atoms with Crippen LogP contribution in [-0.2, 0) is 17.9 Å². The zero-order chi connectivity index (χ0) is 31.9. The molecule has 2 fully saturated rings. The van der Waals surface area contributed by atoms with Gasteiger partial charge in [0.25, 0.3) is 5.91 Å². The highest BCUT2D eigenvalue weighted by Crippen LogP contribution is 2.38. The van der Waals surface area contributed by atoms with Gasteiger partial charge in [0.05, 0.1) is 26.7 Å². The van der Waals surface area contributed by atoms with Crippen molar-refractivity contribution in [3.05, 3.63) is 110 Å². The average molecular weight is 686 g/mol. The molecular formula is C34H29Cl3F2N4O3. The lowest BCUT2D eigenvalue weighted by Crippen LogP contribution is -2.60. The minimum absolute atomic E-state index is 0.00415. The molecule has 3 aromatic carbocycles. The standard InChI is InChI=1S/C34H29Cl3F2N4O3/c35-25-3-1-2-19(32(25)36)16-43(21-6-7-21)34(44)30-24(12-20-14-40-15-29(30)41-20)18-4-8-22(9-5-18)45-17-23-13-28(42-46-23)31-26(38)10-11-27(39)33(31)37/h1-5,8-11,13,20-21,29,40-41H,6-7,12,14-17H2/t20-,29-/m1/s1. The summed E-state index contributed by atoms with van der Waals surface area (Å²) in [7, 11) is 0. The lowest BCUT2D eigenvalue weighted by molar-refractivity contribution is -0.128. The van der Waals surface area contributed by atoms with Crippen molar-refractivity contribution in [2.75, 3.05) is 13.1 Å². The molecule has 2 N–H and O–H groups in total. The molecule has 7 nitrogen and oxygen atoms in total. The number of benzene rings is 3. The number of halogens is 5. The highest BCUT2D eigenvalue weighted by molar-refractivity contribution is 6.42. The summed E-state index contributed by atoms with van der Waals surface area (Å²) < 4.78 is 39.4. The van der Waals surface area contributed by atoms with Gasteiger partial charge >= 0.3 is 0 Å². The molecule has 1 saturated heterocycles. The number of ether oxygens (including phenoxy) is 1.